The van der Waals surface area contributed by atoms with E-state index in [1.54, 1.807) is 6.07 Å². The van der Waals surface area contributed by atoms with Crippen LogP contribution in [0.4, 0.5) is 13.2 Å². The Labute approximate surface area is 91.1 Å². The normalized spacial score (nSPS) is 12.0. The molecule has 0 heterocycles. The van der Waals surface area contributed by atoms with Crippen molar-refractivity contribution in [2.24, 2.45) is 0 Å². The molecule has 5 heteroatoms. The minimum absolute atomic E-state index is 0.272. The summed E-state index contributed by atoms with van der Waals surface area (Å²) in [7, 11) is 0. The number of benzene rings is 1. The van der Waals surface area contributed by atoms with Gasteiger partial charge in [-0.2, -0.15) is 0 Å². The van der Waals surface area contributed by atoms with E-state index in [-0.39, 0.29) is 28.2 Å². The van der Waals surface area contributed by atoms with Gasteiger partial charge in [-0.15, -0.1) is 0 Å². The number of alkyl halides is 4. The molecule has 0 atom stereocenters. The molecule has 0 aliphatic heterocycles. The summed E-state index contributed by atoms with van der Waals surface area (Å²) < 4.78 is 41.9. The Balaban J connectivity index is 2.79. The van der Waals surface area contributed by atoms with Gasteiger partial charge >= 0.3 is 91.0 Å². The molecule has 0 aliphatic rings. The van der Waals surface area contributed by atoms with Gasteiger partial charge in [0.05, 0.1) is 0 Å². The van der Waals surface area contributed by atoms with E-state index in [4.69, 9.17) is 3.07 Å². The summed E-state index contributed by atoms with van der Waals surface area (Å²) in [6.45, 7) is 0.272. The van der Waals surface area contributed by atoms with E-state index in [0.717, 1.165) is 12.1 Å². The Morgan fingerprint density at radius 3 is 2.64 bits per heavy atom. The van der Waals surface area contributed by atoms with Crippen LogP contribution in [0.3, 0.4) is 0 Å². The van der Waals surface area contributed by atoms with Crippen molar-refractivity contribution in [3.63, 3.8) is 0 Å². The van der Waals surface area contributed by atoms with Crippen LogP contribution in [0.5, 0.6) is 0 Å². The Kier molecular flexibility index (Phi) is 4.18. The van der Waals surface area contributed by atoms with E-state index in [0.29, 0.717) is 5.56 Å². The summed E-state index contributed by atoms with van der Waals surface area (Å²) in [4.78, 5) is 1.91. The SMILES string of the molecule is C[I-]OCc1cccc(C(F)(F)F)c1. The van der Waals surface area contributed by atoms with Gasteiger partial charge in [0.25, 0.3) is 0 Å². The van der Waals surface area contributed by atoms with E-state index in [1.807, 2.05) is 4.93 Å². The summed E-state index contributed by atoms with van der Waals surface area (Å²) in [6, 6.07) is 5.22. The Bertz CT molecular complexity index is 298. The Hall–Kier alpha value is -0.300. The second-order valence-corrected chi connectivity index (χ2v) is 4.11. The number of rotatable bonds is 3. The average molecular weight is 317 g/mol. The molecular formula is C9H9F3IO-. The van der Waals surface area contributed by atoms with Gasteiger partial charge in [-0.25, -0.2) is 0 Å². The predicted molar refractivity (Wildman–Crippen MR) is 42.2 cm³/mol. The molecule has 0 aromatic heterocycles. The van der Waals surface area contributed by atoms with Crippen molar-refractivity contribution in [2.75, 3.05) is 4.93 Å². The third kappa shape index (κ3) is 3.45. The summed E-state index contributed by atoms with van der Waals surface area (Å²) in [5.74, 6) is 0. The molecule has 0 aliphatic carbocycles. The van der Waals surface area contributed by atoms with Crippen LogP contribution in [0.25, 0.3) is 0 Å². The van der Waals surface area contributed by atoms with Gasteiger partial charge in [0.15, 0.2) is 0 Å². The zero-order chi connectivity index (χ0) is 10.6. The fourth-order valence-electron chi connectivity index (χ4n) is 0.955. The monoisotopic (exact) mass is 317 g/mol. The van der Waals surface area contributed by atoms with Crippen LogP contribution < -0.4 is 21.6 Å². The zero-order valence-electron chi connectivity index (χ0n) is 7.44. The molecule has 0 N–H and O–H groups in total. The van der Waals surface area contributed by atoms with Crippen molar-refractivity contribution >= 4 is 0 Å². The van der Waals surface area contributed by atoms with Gasteiger partial charge in [0.2, 0.25) is 0 Å². The zero-order valence-corrected chi connectivity index (χ0v) is 9.59. The molecule has 0 amide bonds. The molecule has 1 aromatic rings. The molecular weight excluding hydrogens is 308 g/mol. The topological polar surface area (TPSA) is 9.23 Å². The van der Waals surface area contributed by atoms with Crippen molar-refractivity contribution < 1.29 is 37.9 Å². The van der Waals surface area contributed by atoms with Crippen LogP contribution in [0, 0.1) is 0 Å². The molecule has 1 nitrogen and oxygen atoms in total. The van der Waals surface area contributed by atoms with E-state index in [1.165, 1.54) is 6.07 Å². The fourth-order valence-corrected chi connectivity index (χ4v) is 1.63. The molecule has 0 unspecified atom stereocenters. The maximum absolute atomic E-state index is 12.3. The average Bonchev–Trinajstić information content (AvgIpc) is 2.14. The first-order chi connectivity index (χ1) is 6.54. The van der Waals surface area contributed by atoms with Gasteiger partial charge in [-0.3, -0.25) is 0 Å². The fraction of sp³-hybridized carbons (Fsp3) is 0.333. The quantitative estimate of drug-likeness (QED) is 0.557. The van der Waals surface area contributed by atoms with Gasteiger partial charge in [-0.05, 0) is 0 Å². The predicted octanol–water partition coefficient (Wildman–Crippen LogP) is -0.144. The summed E-state index contributed by atoms with van der Waals surface area (Å²) >= 11 is -0.338. The third-order valence-corrected chi connectivity index (χ3v) is 2.52. The second-order valence-electron chi connectivity index (χ2n) is 2.61. The van der Waals surface area contributed by atoms with Crippen LogP contribution in [0.15, 0.2) is 24.3 Å². The van der Waals surface area contributed by atoms with Gasteiger partial charge < -0.3 is 0 Å². The Morgan fingerprint density at radius 1 is 1.36 bits per heavy atom. The molecule has 0 spiro atoms. The molecule has 0 bridgehead atoms. The third-order valence-electron chi connectivity index (χ3n) is 1.58. The first-order valence-electron chi connectivity index (χ1n) is 3.81. The van der Waals surface area contributed by atoms with Crippen molar-refractivity contribution in [3.8, 4) is 0 Å². The number of hydrogen-bond acceptors (Lipinski definition) is 1. The Morgan fingerprint density at radius 2 is 2.07 bits per heavy atom. The summed E-state index contributed by atoms with van der Waals surface area (Å²) in [5.41, 5.74) is -0.0470. The van der Waals surface area contributed by atoms with Crippen LogP contribution in [0.1, 0.15) is 11.1 Å². The second kappa shape index (κ2) is 4.97. The van der Waals surface area contributed by atoms with Crippen molar-refractivity contribution in [2.45, 2.75) is 12.8 Å². The first kappa shape index (κ1) is 11.8. The van der Waals surface area contributed by atoms with Gasteiger partial charge in [0.1, 0.15) is 0 Å². The van der Waals surface area contributed by atoms with Crippen LogP contribution >= 0.6 is 0 Å². The van der Waals surface area contributed by atoms with Crippen LogP contribution in [-0.4, -0.2) is 4.93 Å². The number of hydrogen-bond donors (Lipinski definition) is 0. The van der Waals surface area contributed by atoms with E-state index in [9.17, 15) is 13.2 Å². The van der Waals surface area contributed by atoms with E-state index >= 15 is 0 Å². The van der Waals surface area contributed by atoms with Crippen molar-refractivity contribution in [1.82, 2.24) is 0 Å². The van der Waals surface area contributed by atoms with Crippen molar-refractivity contribution in [1.29, 1.82) is 0 Å². The molecule has 14 heavy (non-hydrogen) atoms. The van der Waals surface area contributed by atoms with Gasteiger partial charge in [-0.1, -0.05) is 0 Å². The molecule has 0 fully saturated rings. The van der Waals surface area contributed by atoms with Gasteiger partial charge in [0, 0.05) is 0 Å². The molecule has 80 valence electrons. The number of halogens is 4. The van der Waals surface area contributed by atoms with E-state index in [2.05, 4.69) is 0 Å². The summed E-state index contributed by atoms with van der Waals surface area (Å²) in [5, 5.41) is 0. The van der Waals surface area contributed by atoms with Crippen LogP contribution in [-0.2, 0) is 15.8 Å². The molecule has 1 aromatic carbocycles. The molecule has 0 radical (unpaired) electrons. The molecule has 0 saturated heterocycles. The summed E-state index contributed by atoms with van der Waals surface area (Å²) in [6.07, 6.45) is -4.27. The molecule has 1 rings (SSSR count). The standard InChI is InChI=1S/C9H9F3IO/c1-13-14-6-7-3-2-4-8(5-7)9(10,11)12/h2-5H,6H2,1H3/q-1. The maximum atomic E-state index is 12.3. The van der Waals surface area contributed by atoms with Crippen LogP contribution in [0.2, 0.25) is 0 Å². The minimum atomic E-state index is -4.27. The van der Waals surface area contributed by atoms with E-state index < -0.39 is 11.7 Å². The van der Waals surface area contributed by atoms with Crippen molar-refractivity contribution in [3.05, 3.63) is 35.4 Å². The molecule has 0 saturated carbocycles. The first-order valence-corrected chi connectivity index (χ1v) is 6.85.